The van der Waals surface area contributed by atoms with Crippen LogP contribution in [0.3, 0.4) is 0 Å². The van der Waals surface area contributed by atoms with Crippen LogP contribution in [0.4, 0.5) is 17.1 Å². The Morgan fingerprint density at radius 3 is 1.53 bits per heavy atom. The number of nitrogens with zero attached hydrogens (tertiary/aromatic N) is 1. The molecule has 0 N–H and O–H groups in total. The molecule has 1 nitrogen and oxygen atoms in total. The average molecular weight is 674 g/mol. The highest BCUT2D eigenvalue weighted by Gasteiger charge is 2.19. The lowest BCUT2D eigenvalue weighted by molar-refractivity contribution is 1.30. The largest absolute Gasteiger partial charge is 0.310 e. The molecule has 0 heterocycles. The lowest BCUT2D eigenvalue weighted by Crippen LogP contribution is -2.10. The van der Waals surface area contributed by atoms with Gasteiger partial charge in [-0.2, -0.15) is 0 Å². The predicted octanol–water partition coefficient (Wildman–Crippen LogP) is 14.8. The smallest absolute Gasteiger partial charge is 0.0540 e. The number of para-hydroxylation sites is 1. The zero-order valence-electron chi connectivity index (χ0n) is 29.2. The molecule has 0 aliphatic heterocycles. The fraction of sp³-hybridized carbons (Fsp3) is 0. The van der Waals surface area contributed by atoms with E-state index >= 15 is 0 Å². The second-order valence-electron chi connectivity index (χ2n) is 13.7. The summed E-state index contributed by atoms with van der Waals surface area (Å²) in [4.78, 5) is 2.39. The summed E-state index contributed by atoms with van der Waals surface area (Å²) in [6.45, 7) is 0. The van der Waals surface area contributed by atoms with Crippen LogP contribution in [0.1, 0.15) is 0 Å². The van der Waals surface area contributed by atoms with E-state index in [4.69, 9.17) is 0 Å². The van der Waals surface area contributed by atoms with Crippen LogP contribution < -0.4 is 4.90 Å². The van der Waals surface area contributed by atoms with Crippen molar-refractivity contribution in [2.45, 2.75) is 0 Å². The number of rotatable bonds is 6. The molecule has 0 aliphatic carbocycles. The van der Waals surface area contributed by atoms with Gasteiger partial charge >= 0.3 is 0 Å². The molecule has 0 aromatic heterocycles. The van der Waals surface area contributed by atoms with E-state index in [1.54, 1.807) is 0 Å². The second kappa shape index (κ2) is 13.0. The van der Waals surface area contributed by atoms with Crippen LogP contribution >= 0.6 is 0 Å². The summed E-state index contributed by atoms with van der Waals surface area (Å²) in [5, 5.41) is 10.1. The molecule has 0 atom stereocenters. The van der Waals surface area contributed by atoms with E-state index in [9.17, 15) is 0 Å². The van der Waals surface area contributed by atoms with Gasteiger partial charge in [0.1, 0.15) is 0 Å². The van der Waals surface area contributed by atoms with Gasteiger partial charge in [-0.05, 0) is 101 Å². The van der Waals surface area contributed by atoms with Gasteiger partial charge in [-0.1, -0.05) is 182 Å². The molecule has 0 spiro atoms. The van der Waals surface area contributed by atoms with Gasteiger partial charge in [0.05, 0.1) is 5.69 Å². The summed E-state index contributed by atoms with van der Waals surface area (Å²) in [6.07, 6.45) is 0. The van der Waals surface area contributed by atoms with E-state index in [1.165, 1.54) is 76.5 Å². The van der Waals surface area contributed by atoms with Crippen LogP contribution in [0.5, 0.6) is 0 Å². The number of anilines is 3. The molecule has 10 aromatic carbocycles. The van der Waals surface area contributed by atoms with Gasteiger partial charge in [-0.25, -0.2) is 0 Å². The average Bonchev–Trinajstić information content (AvgIpc) is 3.24. The van der Waals surface area contributed by atoms with Gasteiger partial charge in [0.25, 0.3) is 0 Å². The van der Waals surface area contributed by atoms with Crippen LogP contribution in [0.15, 0.2) is 212 Å². The lowest BCUT2D eigenvalue weighted by Gasteiger charge is -2.28. The van der Waals surface area contributed by atoms with Crippen LogP contribution in [0.25, 0.3) is 76.5 Å². The van der Waals surface area contributed by atoms with Crippen molar-refractivity contribution in [3.63, 3.8) is 0 Å². The first kappa shape index (κ1) is 30.8. The maximum Gasteiger partial charge on any atom is 0.0540 e. The van der Waals surface area contributed by atoms with E-state index < -0.39 is 0 Å². The summed E-state index contributed by atoms with van der Waals surface area (Å²) in [6, 6.07) is 77.1. The fourth-order valence-electron chi connectivity index (χ4n) is 8.21. The minimum atomic E-state index is 1.11. The molecule has 0 bridgehead atoms. The predicted molar refractivity (Wildman–Crippen MR) is 227 cm³/mol. The monoisotopic (exact) mass is 673 g/mol. The molecule has 10 rings (SSSR count). The molecule has 0 aliphatic rings. The summed E-state index contributed by atoms with van der Waals surface area (Å²) in [5.74, 6) is 0. The highest BCUT2D eigenvalue weighted by molar-refractivity contribution is 6.23. The topological polar surface area (TPSA) is 3.24 Å². The highest BCUT2D eigenvalue weighted by Crippen LogP contribution is 2.45. The zero-order valence-corrected chi connectivity index (χ0v) is 29.2. The number of hydrogen-bond acceptors (Lipinski definition) is 1. The Morgan fingerprint density at radius 2 is 0.755 bits per heavy atom. The zero-order chi connectivity index (χ0) is 35.1. The molecule has 53 heavy (non-hydrogen) atoms. The minimum absolute atomic E-state index is 1.11. The molecular formula is C52H35N. The van der Waals surface area contributed by atoms with Crippen LogP contribution in [0.2, 0.25) is 0 Å². The third-order valence-corrected chi connectivity index (χ3v) is 10.7. The standard InChI is InChI=1S/C52H35N/c1-3-14-36(15-4-1)42-19-9-10-20-43(42)38-28-31-41(32-29-38)53(40-17-5-2-6-18-40)51-35-34-47(46-22-11-12-23-49(46)51)45-24-13-25-50-48(45)33-30-39-27-26-37-16-7-8-21-44(37)52(39)50/h1-35H. The van der Waals surface area contributed by atoms with E-state index in [1.807, 2.05) is 0 Å². The van der Waals surface area contributed by atoms with Crippen molar-refractivity contribution < 1.29 is 0 Å². The maximum absolute atomic E-state index is 2.39. The van der Waals surface area contributed by atoms with Crippen LogP contribution in [-0.2, 0) is 0 Å². The summed E-state index contributed by atoms with van der Waals surface area (Å²) < 4.78 is 0. The van der Waals surface area contributed by atoms with Gasteiger partial charge in [-0.15, -0.1) is 0 Å². The van der Waals surface area contributed by atoms with Crippen molar-refractivity contribution in [2.75, 3.05) is 4.90 Å². The Labute approximate surface area is 309 Å². The summed E-state index contributed by atoms with van der Waals surface area (Å²) in [7, 11) is 0. The first-order chi connectivity index (χ1) is 26.3. The molecule has 248 valence electrons. The van der Waals surface area contributed by atoms with Gasteiger partial charge in [0.2, 0.25) is 0 Å². The molecule has 1 heteroatoms. The third kappa shape index (κ3) is 5.34. The van der Waals surface area contributed by atoms with E-state index in [0.717, 1.165) is 17.1 Å². The normalized spacial score (nSPS) is 11.4. The Hall–Kier alpha value is -6.96. The first-order valence-corrected chi connectivity index (χ1v) is 18.3. The Kier molecular flexibility index (Phi) is 7.55. The molecule has 0 fully saturated rings. The Balaban J connectivity index is 1.13. The molecule has 0 radical (unpaired) electrons. The maximum atomic E-state index is 2.39. The van der Waals surface area contributed by atoms with E-state index in [-0.39, 0.29) is 0 Å². The Morgan fingerprint density at radius 1 is 0.245 bits per heavy atom. The van der Waals surface area contributed by atoms with Crippen molar-refractivity contribution in [3.8, 4) is 33.4 Å². The second-order valence-corrected chi connectivity index (χ2v) is 13.7. The number of benzene rings is 10. The SMILES string of the molecule is c1ccc(-c2ccccc2-c2ccc(N(c3ccccc3)c3ccc(-c4cccc5c4ccc4ccc6ccccc6c45)c4ccccc34)cc2)cc1. The fourth-order valence-corrected chi connectivity index (χ4v) is 8.21. The lowest BCUT2D eigenvalue weighted by atomic mass is 9.90. The molecule has 0 saturated carbocycles. The minimum Gasteiger partial charge on any atom is -0.310 e. The van der Waals surface area contributed by atoms with Crippen LogP contribution in [-0.4, -0.2) is 0 Å². The first-order valence-electron chi connectivity index (χ1n) is 18.3. The summed E-state index contributed by atoms with van der Waals surface area (Å²) in [5.41, 5.74) is 10.7. The van der Waals surface area contributed by atoms with Crippen molar-refractivity contribution in [2.24, 2.45) is 0 Å². The van der Waals surface area contributed by atoms with Crippen LogP contribution in [0, 0.1) is 0 Å². The van der Waals surface area contributed by atoms with E-state index in [0.29, 0.717) is 0 Å². The van der Waals surface area contributed by atoms with Crippen molar-refractivity contribution >= 4 is 60.2 Å². The number of fused-ring (bicyclic) bond motifs is 6. The van der Waals surface area contributed by atoms with Crippen molar-refractivity contribution in [1.29, 1.82) is 0 Å². The Bertz CT molecular complexity index is 2930. The van der Waals surface area contributed by atoms with Crippen molar-refractivity contribution in [1.82, 2.24) is 0 Å². The van der Waals surface area contributed by atoms with Gasteiger partial charge < -0.3 is 4.90 Å². The molecule has 0 unspecified atom stereocenters. The van der Waals surface area contributed by atoms with Gasteiger partial charge in [0.15, 0.2) is 0 Å². The molecule has 10 aromatic rings. The quantitative estimate of drug-likeness (QED) is 0.159. The molecule has 0 amide bonds. The van der Waals surface area contributed by atoms with Gasteiger partial charge in [-0.3, -0.25) is 0 Å². The summed E-state index contributed by atoms with van der Waals surface area (Å²) >= 11 is 0. The van der Waals surface area contributed by atoms with E-state index in [2.05, 4.69) is 217 Å². The molecular weight excluding hydrogens is 639 g/mol. The van der Waals surface area contributed by atoms with Crippen molar-refractivity contribution in [3.05, 3.63) is 212 Å². The highest BCUT2D eigenvalue weighted by atomic mass is 15.1. The third-order valence-electron chi connectivity index (χ3n) is 10.7. The number of hydrogen-bond donors (Lipinski definition) is 0. The van der Waals surface area contributed by atoms with Gasteiger partial charge in [0, 0.05) is 16.8 Å². The molecule has 0 saturated heterocycles.